The fourth-order valence-electron chi connectivity index (χ4n) is 3.66. The lowest BCUT2D eigenvalue weighted by atomic mass is 10.2. The number of fused-ring (bicyclic) bond motifs is 1. The van der Waals surface area contributed by atoms with E-state index < -0.39 is 29.2 Å². The minimum Gasteiger partial charge on any atom is -0.492 e. The number of nitrogens with one attached hydrogen (secondary N) is 2. The molecule has 0 bridgehead atoms. The molecule has 0 aliphatic carbocycles. The molecule has 4 rings (SSSR count). The topological polar surface area (TPSA) is 141 Å². The van der Waals surface area contributed by atoms with Crippen LogP contribution in [-0.2, 0) is 11.8 Å². The second-order valence-corrected chi connectivity index (χ2v) is 7.85. The van der Waals surface area contributed by atoms with Crippen molar-refractivity contribution in [1.82, 2.24) is 30.3 Å². The Morgan fingerprint density at radius 3 is 2.49 bits per heavy atom. The number of aryl methyl sites for hydroxylation is 1. The Bertz CT molecular complexity index is 1240. The third-order valence-corrected chi connectivity index (χ3v) is 5.53. The summed E-state index contributed by atoms with van der Waals surface area (Å²) in [5.41, 5.74) is -0.0711. The number of hydrogen-bond acceptors (Lipinski definition) is 9. The van der Waals surface area contributed by atoms with Crippen LogP contribution in [0.2, 0.25) is 0 Å². The molecular weight excluding hydrogens is 490 g/mol. The molecule has 1 atom stereocenters. The van der Waals surface area contributed by atoms with Gasteiger partial charge in [0.25, 0.3) is 5.56 Å². The third kappa shape index (κ3) is 5.59. The minimum atomic E-state index is -1.00. The molecule has 0 radical (unpaired) electrons. The number of ether oxygens (including phenoxy) is 1. The quantitative estimate of drug-likeness (QED) is 0.364. The van der Waals surface area contributed by atoms with Gasteiger partial charge in [-0.25, -0.2) is 13.5 Å². The number of aromatic amines is 1. The molecule has 35 heavy (non-hydrogen) atoms. The van der Waals surface area contributed by atoms with Crippen molar-refractivity contribution in [1.29, 1.82) is 0 Å². The van der Waals surface area contributed by atoms with E-state index in [1.54, 1.807) is 11.9 Å². The van der Waals surface area contributed by atoms with E-state index >= 15 is 0 Å². The van der Waals surface area contributed by atoms with Gasteiger partial charge in [0.2, 0.25) is 5.95 Å². The zero-order valence-corrected chi connectivity index (χ0v) is 19.8. The van der Waals surface area contributed by atoms with Crippen LogP contribution in [-0.4, -0.2) is 81.4 Å². The Labute approximate surface area is 204 Å². The number of benzene rings is 1. The molecule has 3 heterocycles. The van der Waals surface area contributed by atoms with Gasteiger partial charge in [0.05, 0.1) is 0 Å². The smallest absolute Gasteiger partial charge is 0.320 e. The summed E-state index contributed by atoms with van der Waals surface area (Å²) in [5, 5.41) is 19.1. The van der Waals surface area contributed by atoms with Crippen LogP contribution in [0.1, 0.15) is 6.92 Å². The standard InChI is InChI=1S/C20H24F2N8O4.ClH/c1-11(19(32)33)23-3-8-34-12-9-13(21)16(14(22)10-12)29-4-6-30(7-5-29)20-24-17-15(18(31)25-20)26-27-28(17)2;/h9-11,23H,3-8H2,1-2H3,(H,32,33)(H,24,25,31);1H. The molecule has 190 valence electrons. The lowest BCUT2D eigenvalue weighted by molar-refractivity contribution is -0.139. The average Bonchev–Trinajstić information content (AvgIpc) is 3.18. The van der Waals surface area contributed by atoms with Crippen LogP contribution in [0.3, 0.4) is 0 Å². The molecule has 1 saturated heterocycles. The van der Waals surface area contributed by atoms with Gasteiger partial charge >= 0.3 is 5.97 Å². The summed E-state index contributed by atoms with van der Waals surface area (Å²) < 4.78 is 36.3. The number of anilines is 2. The maximum atomic E-state index is 14.8. The largest absolute Gasteiger partial charge is 0.492 e. The molecule has 1 aliphatic heterocycles. The SMILES string of the molecule is CC(NCCOc1cc(F)c(N2CCN(c3nc4c(nnn4C)c(=O)[nH]3)CC2)c(F)c1)C(=O)O.Cl. The zero-order chi connectivity index (χ0) is 24.4. The Kier molecular flexibility index (Phi) is 8.07. The average molecular weight is 515 g/mol. The van der Waals surface area contributed by atoms with Crippen molar-refractivity contribution >= 4 is 41.2 Å². The highest BCUT2D eigenvalue weighted by Crippen LogP contribution is 2.29. The number of carboxylic acid groups (broad SMARTS) is 1. The highest BCUT2D eigenvalue weighted by atomic mass is 35.5. The van der Waals surface area contributed by atoms with Gasteiger partial charge in [-0.2, -0.15) is 4.98 Å². The van der Waals surface area contributed by atoms with Gasteiger partial charge in [0.15, 0.2) is 22.8 Å². The predicted octanol–water partition coefficient (Wildman–Crippen LogP) is 0.520. The lowest BCUT2D eigenvalue weighted by Crippen LogP contribution is -2.48. The fraction of sp³-hybridized carbons (Fsp3) is 0.450. The van der Waals surface area contributed by atoms with Crippen LogP contribution in [0.15, 0.2) is 16.9 Å². The van der Waals surface area contributed by atoms with Crippen molar-refractivity contribution in [3.05, 3.63) is 34.1 Å². The van der Waals surface area contributed by atoms with Crippen LogP contribution in [0.5, 0.6) is 5.75 Å². The van der Waals surface area contributed by atoms with Crippen molar-refractivity contribution in [2.45, 2.75) is 13.0 Å². The van der Waals surface area contributed by atoms with E-state index in [-0.39, 0.29) is 42.5 Å². The molecule has 0 amide bonds. The number of nitrogens with zero attached hydrogens (tertiary/aromatic N) is 6. The fourth-order valence-corrected chi connectivity index (χ4v) is 3.66. The molecule has 0 spiro atoms. The molecular formula is C20H25ClF2N8O4. The second kappa shape index (κ2) is 10.8. The maximum Gasteiger partial charge on any atom is 0.320 e. The Hall–Kier alpha value is -3.52. The molecule has 3 aromatic rings. The first-order valence-electron chi connectivity index (χ1n) is 10.6. The van der Waals surface area contributed by atoms with Gasteiger partial charge in [-0.05, 0) is 6.92 Å². The van der Waals surface area contributed by atoms with Crippen molar-refractivity contribution in [3.8, 4) is 5.75 Å². The first-order valence-corrected chi connectivity index (χ1v) is 10.6. The van der Waals surface area contributed by atoms with Crippen molar-refractivity contribution in [3.63, 3.8) is 0 Å². The number of aromatic nitrogens is 5. The Balaban J connectivity index is 0.00000342. The normalized spacial score (nSPS) is 14.6. The molecule has 2 aromatic heterocycles. The van der Waals surface area contributed by atoms with E-state index in [9.17, 15) is 18.4 Å². The number of rotatable bonds is 8. The van der Waals surface area contributed by atoms with Crippen LogP contribution < -0.4 is 25.4 Å². The van der Waals surface area contributed by atoms with Crippen LogP contribution >= 0.6 is 12.4 Å². The minimum absolute atomic E-state index is 0. The summed E-state index contributed by atoms with van der Waals surface area (Å²) in [6.07, 6.45) is 0. The summed E-state index contributed by atoms with van der Waals surface area (Å²) in [5.74, 6) is -2.16. The molecule has 12 nitrogen and oxygen atoms in total. The molecule has 1 aromatic carbocycles. The molecule has 3 N–H and O–H groups in total. The summed E-state index contributed by atoms with van der Waals surface area (Å²) in [6, 6.07) is 1.45. The van der Waals surface area contributed by atoms with E-state index in [2.05, 4.69) is 25.6 Å². The predicted molar refractivity (Wildman–Crippen MR) is 126 cm³/mol. The highest BCUT2D eigenvalue weighted by molar-refractivity contribution is 5.85. The molecule has 1 unspecified atom stereocenters. The molecule has 1 fully saturated rings. The lowest BCUT2D eigenvalue weighted by Gasteiger charge is -2.36. The summed E-state index contributed by atoms with van der Waals surface area (Å²) in [6.45, 7) is 3.10. The van der Waals surface area contributed by atoms with Crippen LogP contribution in [0.25, 0.3) is 11.2 Å². The molecule has 1 aliphatic rings. The van der Waals surface area contributed by atoms with E-state index in [4.69, 9.17) is 9.84 Å². The van der Waals surface area contributed by atoms with Crippen molar-refractivity contribution < 1.29 is 23.4 Å². The molecule has 15 heteroatoms. The summed E-state index contributed by atoms with van der Waals surface area (Å²) in [4.78, 5) is 33.5. The zero-order valence-electron chi connectivity index (χ0n) is 19.0. The monoisotopic (exact) mass is 514 g/mol. The van der Waals surface area contributed by atoms with Gasteiger partial charge in [-0.3, -0.25) is 14.6 Å². The first-order chi connectivity index (χ1) is 16.2. The molecule has 0 saturated carbocycles. The number of carboxylic acids is 1. The summed E-state index contributed by atoms with van der Waals surface area (Å²) in [7, 11) is 1.63. The van der Waals surface area contributed by atoms with Crippen molar-refractivity contribution in [2.24, 2.45) is 7.05 Å². The van der Waals surface area contributed by atoms with E-state index in [0.29, 0.717) is 37.8 Å². The Morgan fingerprint density at radius 1 is 1.23 bits per heavy atom. The number of halogens is 3. The Morgan fingerprint density at radius 2 is 1.86 bits per heavy atom. The van der Waals surface area contributed by atoms with Gasteiger partial charge in [0, 0.05) is 51.9 Å². The third-order valence-electron chi connectivity index (χ3n) is 5.53. The van der Waals surface area contributed by atoms with Gasteiger partial charge in [0.1, 0.15) is 24.1 Å². The number of carbonyl (C=O) groups is 1. The number of aliphatic carboxylic acids is 1. The van der Waals surface area contributed by atoms with Gasteiger partial charge in [-0.1, -0.05) is 5.21 Å². The highest BCUT2D eigenvalue weighted by Gasteiger charge is 2.25. The number of hydrogen-bond donors (Lipinski definition) is 3. The van der Waals surface area contributed by atoms with Gasteiger partial charge < -0.3 is 25.0 Å². The van der Waals surface area contributed by atoms with Gasteiger partial charge in [-0.15, -0.1) is 17.5 Å². The second-order valence-electron chi connectivity index (χ2n) is 7.85. The number of H-pyrrole nitrogens is 1. The maximum absolute atomic E-state index is 14.8. The van der Waals surface area contributed by atoms with Crippen LogP contribution in [0.4, 0.5) is 20.4 Å². The van der Waals surface area contributed by atoms with E-state index in [0.717, 1.165) is 12.1 Å². The van der Waals surface area contributed by atoms with E-state index in [1.165, 1.54) is 11.6 Å². The van der Waals surface area contributed by atoms with Crippen molar-refractivity contribution in [2.75, 3.05) is 49.1 Å². The summed E-state index contributed by atoms with van der Waals surface area (Å²) >= 11 is 0. The number of piperazine rings is 1. The van der Waals surface area contributed by atoms with E-state index in [1.807, 2.05) is 4.90 Å². The van der Waals surface area contributed by atoms with Crippen LogP contribution in [0, 0.1) is 11.6 Å². The first kappa shape index (κ1) is 26.1.